The molecule has 34 heavy (non-hydrogen) atoms. The van der Waals surface area contributed by atoms with Gasteiger partial charge in [0.05, 0.1) is 27.6 Å². The smallest absolute Gasteiger partial charge is 0.270 e. The summed E-state index contributed by atoms with van der Waals surface area (Å²) < 4.78 is 5.41. The third-order valence-corrected chi connectivity index (χ3v) is 7.21. The van der Waals surface area contributed by atoms with Crippen molar-refractivity contribution < 1.29 is 14.2 Å². The van der Waals surface area contributed by atoms with Crippen LogP contribution in [0.1, 0.15) is 35.5 Å². The molecule has 5 rings (SSSR count). The number of piperidine rings is 1. The highest BCUT2D eigenvalue weighted by atomic mass is 32.1. The molecule has 2 aromatic heterocycles. The van der Waals surface area contributed by atoms with Gasteiger partial charge in [0.2, 0.25) is 11.7 Å². The van der Waals surface area contributed by atoms with Gasteiger partial charge < -0.3 is 14.3 Å². The number of nitro benzene ring substituents is 1. The number of nitrogens with zero attached hydrogens (tertiary/aromatic N) is 6. The number of nitro groups is 1. The Hall–Kier alpha value is -3.31. The molecule has 1 amide bonds. The van der Waals surface area contributed by atoms with Crippen LogP contribution >= 0.6 is 11.3 Å². The molecule has 3 aromatic rings. The molecule has 0 unspecified atom stereocenters. The summed E-state index contributed by atoms with van der Waals surface area (Å²) in [6.45, 7) is 4.65. The molecule has 4 heterocycles. The van der Waals surface area contributed by atoms with E-state index in [1.807, 2.05) is 17.5 Å². The average molecular weight is 483 g/mol. The minimum Gasteiger partial charge on any atom is -0.371 e. The Morgan fingerprint density at radius 1 is 1.09 bits per heavy atom. The number of rotatable bonds is 6. The van der Waals surface area contributed by atoms with Crippen LogP contribution in [0.2, 0.25) is 0 Å². The highest BCUT2D eigenvalue weighted by Crippen LogP contribution is 2.29. The van der Waals surface area contributed by atoms with Crippen molar-refractivity contribution in [2.24, 2.45) is 0 Å². The lowest BCUT2D eigenvalue weighted by Crippen LogP contribution is -2.48. The molecule has 10 nitrogen and oxygen atoms in total. The molecule has 11 heteroatoms. The molecule has 0 atom stereocenters. The van der Waals surface area contributed by atoms with Crippen LogP contribution in [0.25, 0.3) is 10.7 Å². The fourth-order valence-corrected chi connectivity index (χ4v) is 5.16. The van der Waals surface area contributed by atoms with E-state index in [9.17, 15) is 14.9 Å². The van der Waals surface area contributed by atoms with Crippen LogP contribution in [0.3, 0.4) is 0 Å². The Bertz CT molecular complexity index is 1150. The zero-order valence-corrected chi connectivity index (χ0v) is 19.6. The number of aromatic nitrogens is 2. The molecule has 2 fully saturated rings. The first kappa shape index (κ1) is 22.5. The van der Waals surface area contributed by atoms with E-state index in [1.54, 1.807) is 22.3 Å². The Labute approximate surface area is 200 Å². The van der Waals surface area contributed by atoms with Crippen LogP contribution in [0.5, 0.6) is 0 Å². The summed E-state index contributed by atoms with van der Waals surface area (Å²) in [4.78, 5) is 36.0. The molecule has 2 saturated heterocycles. The summed E-state index contributed by atoms with van der Waals surface area (Å²) in [7, 11) is 0. The zero-order chi connectivity index (χ0) is 23.5. The van der Waals surface area contributed by atoms with E-state index in [1.165, 1.54) is 18.6 Å². The number of carbonyl (C=O) groups excluding carboxylic acids is 1. The summed E-state index contributed by atoms with van der Waals surface area (Å²) in [5, 5.41) is 17.4. The second-order valence-corrected chi connectivity index (χ2v) is 9.51. The molecule has 178 valence electrons. The number of piperazine rings is 1. The largest absolute Gasteiger partial charge is 0.371 e. The molecule has 0 N–H and O–H groups in total. The van der Waals surface area contributed by atoms with E-state index in [0.29, 0.717) is 50.0 Å². The second kappa shape index (κ2) is 9.90. The maximum absolute atomic E-state index is 13.5. The van der Waals surface area contributed by atoms with Crippen LogP contribution < -0.4 is 4.90 Å². The summed E-state index contributed by atoms with van der Waals surface area (Å²) in [6, 6.07) is 8.56. The van der Waals surface area contributed by atoms with Crippen LogP contribution in [-0.4, -0.2) is 70.0 Å². The average Bonchev–Trinajstić information content (AvgIpc) is 3.57. The maximum atomic E-state index is 13.5. The van der Waals surface area contributed by atoms with Crippen molar-refractivity contribution in [2.45, 2.75) is 25.8 Å². The van der Waals surface area contributed by atoms with E-state index >= 15 is 0 Å². The normalized spacial score (nSPS) is 17.2. The first-order chi connectivity index (χ1) is 16.6. The summed E-state index contributed by atoms with van der Waals surface area (Å²) in [5.74, 6) is 0.991. The van der Waals surface area contributed by atoms with Gasteiger partial charge in [-0.3, -0.25) is 19.8 Å². The van der Waals surface area contributed by atoms with Crippen molar-refractivity contribution in [2.75, 3.05) is 44.2 Å². The van der Waals surface area contributed by atoms with Crippen molar-refractivity contribution in [3.8, 4) is 10.7 Å². The van der Waals surface area contributed by atoms with Gasteiger partial charge in [-0.2, -0.15) is 4.98 Å². The van der Waals surface area contributed by atoms with Crippen molar-refractivity contribution in [3.05, 3.63) is 57.3 Å². The van der Waals surface area contributed by atoms with Crippen LogP contribution in [0.15, 0.2) is 40.2 Å². The number of hydrogen-bond acceptors (Lipinski definition) is 9. The predicted molar refractivity (Wildman–Crippen MR) is 128 cm³/mol. The van der Waals surface area contributed by atoms with Crippen molar-refractivity contribution in [3.63, 3.8) is 0 Å². The van der Waals surface area contributed by atoms with Crippen LogP contribution in [0.4, 0.5) is 11.4 Å². The van der Waals surface area contributed by atoms with Gasteiger partial charge >= 0.3 is 0 Å². The van der Waals surface area contributed by atoms with E-state index in [-0.39, 0.29) is 11.6 Å². The molecular weight excluding hydrogens is 456 g/mol. The first-order valence-electron chi connectivity index (χ1n) is 11.5. The predicted octanol–water partition coefficient (Wildman–Crippen LogP) is 3.65. The topological polar surface area (TPSA) is 109 Å². The first-order valence-corrected chi connectivity index (χ1v) is 12.4. The Kier molecular flexibility index (Phi) is 6.54. The van der Waals surface area contributed by atoms with Crippen molar-refractivity contribution in [1.82, 2.24) is 19.9 Å². The summed E-state index contributed by atoms with van der Waals surface area (Å²) in [5.41, 5.74) is 1.16. The third kappa shape index (κ3) is 4.80. The molecular formula is C23H26N6O4S. The highest BCUT2D eigenvalue weighted by Gasteiger charge is 2.28. The minimum atomic E-state index is -0.441. The van der Waals surface area contributed by atoms with Gasteiger partial charge in [-0.25, -0.2) is 0 Å². The van der Waals surface area contributed by atoms with Gasteiger partial charge in [0.25, 0.3) is 11.6 Å². The van der Waals surface area contributed by atoms with Gasteiger partial charge in [-0.05, 0) is 36.8 Å². The fourth-order valence-electron chi connectivity index (χ4n) is 4.52. The lowest BCUT2D eigenvalue weighted by atomic mass is 10.0. The summed E-state index contributed by atoms with van der Waals surface area (Å²) in [6.07, 6.45) is 3.30. The lowest BCUT2D eigenvalue weighted by Gasteiger charge is -2.35. The number of carbonyl (C=O) groups is 1. The zero-order valence-electron chi connectivity index (χ0n) is 18.8. The molecule has 0 radical (unpaired) electrons. The lowest BCUT2D eigenvalue weighted by molar-refractivity contribution is -0.384. The Morgan fingerprint density at radius 3 is 2.59 bits per heavy atom. The summed E-state index contributed by atoms with van der Waals surface area (Å²) >= 11 is 1.56. The second-order valence-electron chi connectivity index (χ2n) is 8.56. The van der Waals surface area contributed by atoms with Gasteiger partial charge in [-0.15, -0.1) is 11.3 Å². The van der Waals surface area contributed by atoms with Crippen molar-refractivity contribution in [1.29, 1.82) is 0 Å². The molecule has 0 saturated carbocycles. The molecule has 0 bridgehead atoms. The number of non-ortho nitro benzene ring substituents is 1. The van der Waals surface area contributed by atoms with E-state index in [4.69, 9.17) is 4.52 Å². The van der Waals surface area contributed by atoms with Gasteiger partial charge in [0, 0.05) is 51.4 Å². The number of benzene rings is 1. The highest BCUT2D eigenvalue weighted by molar-refractivity contribution is 7.13. The van der Waals surface area contributed by atoms with E-state index < -0.39 is 4.92 Å². The number of hydrogen-bond donors (Lipinski definition) is 0. The van der Waals surface area contributed by atoms with Crippen LogP contribution in [-0.2, 0) is 6.54 Å². The van der Waals surface area contributed by atoms with E-state index in [0.717, 1.165) is 36.5 Å². The van der Waals surface area contributed by atoms with Crippen molar-refractivity contribution >= 4 is 28.6 Å². The fraction of sp³-hybridized carbons (Fsp3) is 0.435. The molecule has 1 aromatic carbocycles. The number of amides is 1. The minimum absolute atomic E-state index is 0.0549. The van der Waals surface area contributed by atoms with Gasteiger partial charge in [0.15, 0.2) is 0 Å². The molecule has 2 aliphatic rings. The van der Waals surface area contributed by atoms with Gasteiger partial charge in [-0.1, -0.05) is 11.2 Å². The number of thiophene rings is 1. The van der Waals surface area contributed by atoms with E-state index in [2.05, 4.69) is 19.9 Å². The maximum Gasteiger partial charge on any atom is 0.270 e. The quantitative estimate of drug-likeness (QED) is 0.387. The number of anilines is 1. The SMILES string of the molecule is O=C(c1cc([N+](=O)[O-])ccc1N1CCCCC1)N1CCN(Cc2nc(-c3cccs3)no2)CC1. The molecule has 0 aliphatic carbocycles. The standard InChI is InChI=1S/C23H26N6O4S/c30-23(18-15-17(29(31)32)6-7-19(18)27-8-2-1-3-9-27)28-12-10-26(11-13-28)16-21-24-22(25-33-21)20-5-4-14-34-20/h4-7,14-15H,1-3,8-13,16H2. The van der Waals surface area contributed by atoms with Crippen LogP contribution in [0, 0.1) is 10.1 Å². The molecule has 2 aliphatic heterocycles. The Balaban J connectivity index is 1.25. The third-order valence-electron chi connectivity index (χ3n) is 6.35. The van der Waals surface area contributed by atoms with Gasteiger partial charge in [0.1, 0.15) is 0 Å². The monoisotopic (exact) mass is 482 g/mol. The Morgan fingerprint density at radius 2 is 1.88 bits per heavy atom. The molecule has 0 spiro atoms.